The molecule has 2 aromatic heterocycles. The Morgan fingerprint density at radius 2 is 1.71 bits per heavy atom. The van der Waals surface area contributed by atoms with Gasteiger partial charge in [-0.3, -0.25) is 0 Å². The molecule has 0 aliphatic heterocycles. The number of rotatable bonds is 1. The van der Waals surface area contributed by atoms with E-state index in [9.17, 15) is 0 Å². The number of aromatic nitrogens is 4. The highest BCUT2D eigenvalue weighted by Gasteiger charge is 2.17. The van der Waals surface area contributed by atoms with Gasteiger partial charge in [0.1, 0.15) is 5.82 Å². The highest BCUT2D eigenvalue weighted by Crippen LogP contribution is 2.25. The van der Waals surface area contributed by atoms with Gasteiger partial charge in [0.25, 0.3) is 0 Å². The van der Waals surface area contributed by atoms with Crippen molar-refractivity contribution in [1.82, 2.24) is 19.9 Å². The van der Waals surface area contributed by atoms with E-state index in [-0.39, 0.29) is 0 Å². The maximum Gasteiger partial charge on any atom is 0.199 e. The Morgan fingerprint density at radius 1 is 0.941 bits per heavy atom. The van der Waals surface area contributed by atoms with Crippen LogP contribution >= 0.6 is 0 Å². The van der Waals surface area contributed by atoms with Gasteiger partial charge in [-0.15, -0.1) is 0 Å². The molecule has 3 rings (SSSR count). The summed E-state index contributed by atoms with van der Waals surface area (Å²) in [5, 5.41) is 0. The number of nitrogens with zero attached hydrogens (tertiary/aromatic N) is 4. The Bertz CT molecular complexity index is 538. The van der Waals surface area contributed by atoms with Gasteiger partial charge < -0.3 is 5.73 Å². The maximum absolute atomic E-state index is 5.97. The molecule has 1 aliphatic rings. The van der Waals surface area contributed by atoms with Gasteiger partial charge in [0.2, 0.25) is 0 Å². The molecule has 0 radical (unpaired) electrons. The van der Waals surface area contributed by atoms with Gasteiger partial charge in [-0.25, -0.2) is 19.9 Å². The van der Waals surface area contributed by atoms with E-state index in [1.54, 1.807) is 18.5 Å². The van der Waals surface area contributed by atoms with Crippen molar-refractivity contribution in [2.45, 2.75) is 25.7 Å². The molecule has 0 saturated heterocycles. The molecular weight excluding hydrogens is 214 g/mol. The van der Waals surface area contributed by atoms with E-state index in [4.69, 9.17) is 5.73 Å². The van der Waals surface area contributed by atoms with E-state index < -0.39 is 0 Å². The maximum atomic E-state index is 5.97. The van der Waals surface area contributed by atoms with E-state index in [1.807, 2.05) is 0 Å². The van der Waals surface area contributed by atoms with Crippen LogP contribution in [0.2, 0.25) is 0 Å². The monoisotopic (exact) mass is 227 g/mol. The Morgan fingerprint density at radius 3 is 2.53 bits per heavy atom. The molecule has 0 fully saturated rings. The molecule has 0 amide bonds. The van der Waals surface area contributed by atoms with Crippen molar-refractivity contribution in [2.75, 3.05) is 5.73 Å². The second-order valence-electron chi connectivity index (χ2n) is 4.14. The summed E-state index contributed by atoms with van der Waals surface area (Å²) in [5.41, 5.74) is 8.14. The van der Waals surface area contributed by atoms with Gasteiger partial charge in [0, 0.05) is 23.7 Å². The minimum atomic E-state index is 0.531. The van der Waals surface area contributed by atoms with E-state index in [1.165, 1.54) is 12.8 Å². The van der Waals surface area contributed by atoms with Crippen molar-refractivity contribution >= 4 is 5.82 Å². The largest absolute Gasteiger partial charge is 0.383 e. The van der Waals surface area contributed by atoms with Crippen LogP contribution in [0.3, 0.4) is 0 Å². The van der Waals surface area contributed by atoms with Gasteiger partial charge in [-0.05, 0) is 31.7 Å². The van der Waals surface area contributed by atoms with Gasteiger partial charge in [-0.2, -0.15) is 0 Å². The van der Waals surface area contributed by atoms with Crippen molar-refractivity contribution in [3.63, 3.8) is 0 Å². The number of fused-ring (bicyclic) bond motifs is 1. The van der Waals surface area contributed by atoms with E-state index in [2.05, 4.69) is 19.9 Å². The van der Waals surface area contributed by atoms with Crippen LogP contribution in [0.15, 0.2) is 18.5 Å². The van der Waals surface area contributed by atoms with Crippen molar-refractivity contribution in [2.24, 2.45) is 0 Å². The fourth-order valence-corrected chi connectivity index (χ4v) is 2.14. The Balaban J connectivity index is 2.11. The molecule has 1 aliphatic carbocycles. The zero-order chi connectivity index (χ0) is 11.7. The number of hydrogen-bond acceptors (Lipinski definition) is 5. The third kappa shape index (κ3) is 1.84. The molecule has 0 saturated carbocycles. The summed E-state index contributed by atoms with van der Waals surface area (Å²) in [7, 11) is 0. The van der Waals surface area contributed by atoms with Crippen molar-refractivity contribution in [1.29, 1.82) is 0 Å². The first-order valence-electron chi connectivity index (χ1n) is 5.77. The quantitative estimate of drug-likeness (QED) is 0.796. The molecule has 0 atom stereocenters. The van der Waals surface area contributed by atoms with Crippen LogP contribution in [0.25, 0.3) is 11.6 Å². The standard InChI is InChI=1S/C12H13N5/c13-10-8-4-1-2-5-9(8)16-12(17-10)11-14-6-3-7-15-11/h3,6-7H,1-2,4-5H2,(H2,13,16,17). The third-order valence-electron chi connectivity index (χ3n) is 2.98. The summed E-state index contributed by atoms with van der Waals surface area (Å²) in [4.78, 5) is 17.1. The number of nitrogens with two attached hydrogens (primary N) is 1. The fraction of sp³-hybridized carbons (Fsp3) is 0.333. The summed E-state index contributed by atoms with van der Waals surface area (Å²) in [6, 6.07) is 1.77. The number of anilines is 1. The minimum absolute atomic E-state index is 0.531. The highest BCUT2D eigenvalue weighted by molar-refractivity contribution is 5.52. The van der Waals surface area contributed by atoms with E-state index >= 15 is 0 Å². The second-order valence-corrected chi connectivity index (χ2v) is 4.14. The Kier molecular flexibility index (Phi) is 2.44. The SMILES string of the molecule is Nc1nc(-c2ncccn2)nc2c1CCCC2. The molecule has 2 heterocycles. The van der Waals surface area contributed by atoms with Gasteiger partial charge in [-0.1, -0.05) is 0 Å². The Labute approximate surface area is 99.2 Å². The highest BCUT2D eigenvalue weighted by atomic mass is 15.0. The van der Waals surface area contributed by atoms with Gasteiger partial charge in [0.05, 0.1) is 0 Å². The normalized spacial score (nSPS) is 14.4. The van der Waals surface area contributed by atoms with Crippen molar-refractivity contribution in [3.8, 4) is 11.6 Å². The van der Waals surface area contributed by atoms with E-state index in [0.29, 0.717) is 17.5 Å². The fourth-order valence-electron chi connectivity index (χ4n) is 2.14. The summed E-state index contributed by atoms with van der Waals surface area (Å²) < 4.78 is 0. The lowest BCUT2D eigenvalue weighted by Gasteiger charge is -2.16. The van der Waals surface area contributed by atoms with Crippen LogP contribution in [0.1, 0.15) is 24.1 Å². The Hall–Kier alpha value is -2.04. The molecule has 0 bridgehead atoms. The lowest BCUT2D eigenvalue weighted by atomic mass is 9.96. The molecule has 0 unspecified atom stereocenters. The van der Waals surface area contributed by atoms with Crippen LogP contribution in [0.5, 0.6) is 0 Å². The molecule has 2 aromatic rings. The van der Waals surface area contributed by atoms with Crippen molar-refractivity contribution in [3.05, 3.63) is 29.7 Å². The predicted molar refractivity (Wildman–Crippen MR) is 64.1 cm³/mol. The molecule has 0 aromatic carbocycles. The summed E-state index contributed by atoms with van der Waals surface area (Å²) >= 11 is 0. The predicted octanol–water partition coefficient (Wildman–Crippen LogP) is 1.39. The third-order valence-corrected chi connectivity index (χ3v) is 2.98. The lowest BCUT2D eigenvalue weighted by Crippen LogP contribution is -2.12. The number of aryl methyl sites for hydroxylation is 1. The van der Waals surface area contributed by atoms with Gasteiger partial charge >= 0.3 is 0 Å². The average Bonchev–Trinajstić information content (AvgIpc) is 2.40. The van der Waals surface area contributed by atoms with E-state index in [0.717, 1.165) is 24.1 Å². The topological polar surface area (TPSA) is 77.6 Å². The average molecular weight is 227 g/mol. The molecule has 5 nitrogen and oxygen atoms in total. The first-order chi connectivity index (χ1) is 8.34. The minimum Gasteiger partial charge on any atom is -0.383 e. The molecule has 17 heavy (non-hydrogen) atoms. The summed E-state index contributed by atoms with van der Waals surface area (Å²) in [6.07, 6.45) is 7.65. The molecule has 86 valence electrons. The molecule has 2 N–H and O–H groups in total. The van der Waals surface area contributed by atoms with Crippen molar-refractivity contribution < 1.29 is 0 Å². The van der Waals surface area contributed by atoms with Crippen LogP contribution in [-0.2, 0) is 12.8 Å². The summed E-state index contributed by atoms with van der Waals surface area (Å²) in [5.74, 6) is 1.65. The molecule has 0 spiro atoms. The lowest BCUT2D eigenvalue weighted by molar-refractivity contribution is 0.665. The first-order valence-corrected chi connectivity index (χ1v) is 5.77. The van der Waals surface area contributed by atoms with Crippen LogP contribution in [0, 0.1) is 0 Å². The van der Waals surface area contributed by atoms with Crippen LogP contribution in [-0.4, -0.2) is 19.9 Å². The first kappa shape index (κ1) is 10.1. The number of nitrogen functional groups attached to an aromatic ring is 1. The van der Waals surface area contributed by atoms with Crippen LogP contribution < -0.4 is 5.73 Å². The second kappa shape index (κ2) is 4.08. The van der Waals surface area contributed by atoms with Gasteiger partial charge in [0.15, 0.2) is 11.6 Å². The molecule has 5 heteroatoms. The zero-order valence-electron chi connectivity index (χ0n) is 9.43. The van der Waals surface area contributed by atoms with Crippen LogP contribution in [0.4, 0.5) is 5.82 Å². The number of hydrogen-bond donors (Lipinski definition) is 1. The summed E-state index contributed by atoms with van der Waals surface area (Å²) in [6.45, 7) is 0. The molecular formula is C12H13N5. The zero-order valence-corrected chi connectivity index (χ0v) is 9.43. The smallest absolute Gasteiger partial charge is 0.199 e.